The van der Waals surface area contributed by atoms with Crippen LogP contribution in [0.4, 0.5) is 0 Å². The minimum atomic E-state index is -1.86. The van der Waals surface area contributed by atoms with E-state index in [2.05, 4.69) is 5.32 Å². The maximum Gasteiger partial charge on any atom is 0.170 e. The van der Waals surface area contributed by atoms with Crippen LogP contribution in [0.15, 0.2) is 30.3 Å². The number of hydrogen-bond acceptors (Lipinski definition) is 11. The number of hydrogen-bond donors (Lipinski definition) is 8. The van der Waals surface area contributed by atoms with Crippen molar-refractivity contribution >= 4 is 0 Å². The van der Waals surface area contributed by atoms with Gasteiger partial charge in [0.15, 0.2) is 5.85 Å². The highest BCUT2D eigenvalue weighted by Crippen LogP contribution is 2.20. The molecule has 0 fully saturated rings. The van der Waals surface area contributed by atoms with E-state index in [9.17, 15) is 15.3 Å². The van der Waals surface area contributed by atoms with Crippen molar-refractivity contribution in [2.45, 2.75) is 49.8 Å². The molecule has 32 heavy (non-hydrogen) atoms. The van der Waals surface area contributed by atoms with E-state index in [1.165, 1.54) is 18.9 Å². The molecule has 0 saturated heterocycles. The van der Waals surface area contributed by atoms with Crippen molar-refractivity contribution in [2.24, 2.45) is 22.9 Å². The van der Waals surface area contributed by atoms with Crippen LogP contribution in [0.5, 0.6) is 0 Å². The molecule has 0 heterocycles. The van der Waals surface area contributed by atoms with Crippen LogP contribution in [0, 0.1) is 0 Å². The van der Waals surface area contributed by atoms with Gasteiger partial charge in [0.1, 0.15) is 18.4 Å². The van der Waals surface area contributed by atoms with Gasteiger partial charge in [-0.2, -0.15) is 0 Å². The zero-order valence-corrected chi connectivity index (χ0v) is 19.1. The third kappa shape index (κ3) is 9.33. The number of benzene rings is 1. The van der Waals surface area contributed by atoms with Crippen LogP contribution in [0.2, 0.25) is 0 Å². The standard InChI is InChI=1S/C21H42N6O5/c1-21(25,30)27(12-8-15-6-4-3-5-7-15)20(29)19(32-13-10-23)17(24)18(31-2)16(28)14-26-11-9-22/h3-7,16-20,26,28-30H,8-14,22-25H2,1-2H3. The molecule has 11 nitrogen and oxygen atoms in total. The molecule has 0 aliphatic heterocycles. The van der Waals surface area contributed by atoms with Crippen LogP contribution < -0.4 is 28.3 Å². The summed E-state index contributed by atoms with van der Waals surface area (Å²) in [5.41, 5.74) is 24.4. The van der Waals surface area contributed by atoms with Gasteiger partial charge in [0.05, 0.1) is 18.8 Å². The van der Waals surface area contributed by atoms with Crippen molar-refractivity contribution in [3.8, 4) is 0 Å². The van der Waals surface area contributed by atoms with Gasteiger partial charge in [-0.25, -0.2) is 4.90 Å². The molecule has 0 aliphatic rings. The zero-order valence-electron chi connectivity index (χ0n) is 19.1. The summed E-state index contributed by atoms with van der Waals surface area (Å²) in [7, 11) is 1.41. The Bertz CT molecular complexity index is 606. The zero-order chi connectivity index (χ0) is 24.1. The molecular formula is C21H42N6O5. The number of aliphatic hydroxyl groups is 3. The van der Waals surface area contributed by atoms with Crippen LogP contribution in [0.25, 0.3) is 0 Å². The molecule has 6 unspecified atom stereocenters. The maximum atomic E-state index is 11.2. The molecule has 11 heteroatoms. The lowest BCUT2D eigenvalue weighted by Gasteiger charge is -2.43. The van der Waals surface area contributed by atoms with Gasteiger partial charge in [-0.3, -0.25) is 5.73 Å². The van der Waals surface area contributed by atoms with Gasteiger partial charge in [0, 0.05) is 39.8 Å². The van der Waals surface area contributed by atoms with Crippen molar-refractivity contribution in [1.82, 2.24) is 10.2 Å². The average Bonchev–Trinajstić information content (AvgIpc) is 2.74. The molecule has 0 spiro atoms. The topological polar surface area (TPSA) is 198 Å². The van der Waals surface area contributed by atoms with Gasteiger partial charge in [0.2, 0.25) is 0 Å². The fraction of sp³-hybridized carbons (Fsp3) is 0.714. The van der Waals surface area contributed by atoms with Crippen molar-refractivity contribution in [2.75, 3.05) is 46.4 Å². The van der Waals surface area contributed by atoms with Crippen molar-refractivity contribution in [3.05, 3.63) is 35.9 Å². The summed E-state index contributed by atoms with van der Waals surface area (Å²) in [5.74, 6) is -1.86. The second-order valence-electron chi connectivity index (χ2n) is 7.90. The predicted molar refractivity (Wildman–Crippen MR) is 123 cm³/mol. The molecule has 186 valence electrons. The number of nitrogens with one attached hydrogen (secondary N) is 1. The lowest BCUT2D eigenvalue weighted by Crippen LogP contribution is -2.66. The Hall–Kier alpha value is -1.22. The summed E-state index contributed by atoms with van der Waals surface area (Å²) in [6, 6.07) is 8.64. The van der Waals surface area contributed by atoms with E-state index >= 15 is 0 Å². The monoisotopic (exact) mass is 458 g/mol. The molecule has 6 atom stereocenters. The van der Waals surface area contributed by atoms with Crippen molar-refractivity contribution < 1.29 is 24.8 Å². The summed E-state index contributed by atoms with van der Waals surface area (Å²) in [4.78, 5) is 1.30. The second-order valence-corrected chi connectivity index (χ2v) is 7.90. The largest absolute Gasteiger partial charge is 0.389 e. The summed E-state index contributed by atoms with van der Waals surface area (Å²) >= 11 is 0. The number of rotatable bonds is 17. The van der Waals surface area contributed by atoms with E-state index in [1.807, 2.05) is 30.3 Å². The highest BCUT2D eigenvalue weighted by molar-refractivity contribution is 5.15. The summed E-state index contributed by atoms with van der Waals surface area (Å²) in [6.45, 7) is 3.01. The number of ether oxygens (including phenoxy) is 2. The van der Waals surface area contributed by atoms with E-state index in [1.54, 1.807) is 0 Å². The third-order valence-corrected chi connectivity index (χ3v) is 5.19. The Labute approximate surface area is 190 Å². The van der Waals surface area contributed by atoms with Gasteiger partial charge in [-0.15, -0.1) is 0 Å². The van der Waals surface area contributed by atoms with E-state index in [-0.39, 0.29) is 26.2 Å². The maximum absolute atomic E-state index is 11.2. The normalized spacial score (nSPS) is 18.7. The van der Waals surface area contributed by atoms with E-state index in [4.69, 9.17) is 32.4 Å². The summed E-state index contributed by atoms with van der Waals surface area (Å²) in [5, 5.41) is 35.3. The summed E-state index contributed by atoms with van der Waals surface area (Å²) in [6.07, 6.45) is -3.81. The molecular weight excluding hydrogens is 416 g/mol. The predicted octanol–water partition coefficient (Wildman–Crippen LogP) is -2.93. The molecule has 12 N–H and O–H groups in total. The van der Waals surface area contributed by atoms with Gasteiger partial charge < -0.3 is 47.3 Å². The van der Waals surface area contributed by atoms with Crippen LogP contribution in [-0.2, 0) is 15.9 Å². The lowest BCUT2D eigenvalue weighted by molar-refractivity contribution is -0.213. The minimum absolute atomic E-state index is 0.104. The first-order valence-corrected chi connectivity index (χ1v) is 10.9. The molecule has 0 saturated carbocycles. The Balaban J connectivity index is 3.04. The first-order valence-electron chi connectivity index (χ1n) is 10.9. The second kappa shape index (κ2) is 14.8. The lowest BCUT2D eigenvalue weighted by atomic mass is 9.98. The molecule has 1 rings (SSSR count). The van der Waals surface area contributed by atoms with Crippen LogP contribution in [-0.4, -0.2) is 103 Å². The molecule has 0 amide bonds. The number of methoxy groups -OCH3 is 1. The van der Waals surface area contributed by atoms with Gasteiger partial charge in [-0.05, 0) is 18.9 Å². The molecule has 0 bridgehead atoms. The SMILES string of the molecule is COC(C(O)CNCCN)C(N)C(OCCN)C(O)N(CCc1ccccc1)C(C)(N)O. The number of nitrogens with two attached hydrogens (primary N) is 4. The van der Waals surface area contributed by atoms with E-state index in [0.29, 0.717) is 19.5 Å². The molecule has 0 aliphatic carbocycles. The third-order valence-electron chi connectivity index (χ3n) is 5.19. The Kier molecular flexibility index (Phi) is 13.4. The minimum Gasteiger partial charge on any atom is -0.389 e. The van der Waals surface area contributed by atoms with Crippen LogP contribution >= 0.6 is 0 Å². The van der Waals surface area contributed by atoms with Crippen molar-refractivity contribution in [1.29, 1.82) is 0 Å². The molecule has 0 radical (unpaired) electrons. The first kappa shape index (κ1) is 28.8. The molecule has 0 aromatic heterocycles. The smallest absolute Gasteiger partial charge is 0.170 e. The Morgan fingerprint density at radius 2 is 1.78 bits per heavy atom. The van der Waals surface area contributed by atoms with Gasteiger partial charge in [-0.1, -0.05) is 30.3 Å². The number of nitrogens with zero attached hydrogens (tertiary/aromatic N) is 1. The quantitative estimate of drug-likeness (QED) is 0.0878. The van der Waals surface area contributed by atoms with Crippen LogP contribution in [0.1, 0.15) is 12.5 Å². The number of aliphatic hydroxyl groups excluding tert-OH is 2. The highest BCUT2D eigenvalue weighted by Gasteiger charge is 2.42. The fourth-order valence-corrected chi connectivity index (χ4v) is 3.52. The Morgan fingerprint density at radius 1 is 1.12 bits per heavy atom. The first-order chi connectivity index (χ1) is 15.2. The fourth-order valence-electron chi connectivity index (χ4n) is 3.52. The highest BCUT2D eigenvalue weighted by atomic mass is 16.5. The molecule has 1 aromatic rings. The summed E-state index contributed by atoms with van der Waals surface area (Å²) < 4.78 is 11.2. The Morgan fingerprint density at radius 3 is 2.31 bits per heavy atom. The van der Waals surface area contributed by atoms with Gasteiger partial charge >= 0.3 is 0 Å². The van der Waals surface area contributed by atoms with Crippen molar-refractivity contribution in [3.63, 3.8) is 0 Å². The van der Waals surface area contributed by atoms with E-state index in [0.717, 1.165) is 5.56 Å². The van der Waals surface area contributed by atoms with E-state index < -0.39 is 36.4 Å². The van der Waals surface area contributed by atoms with Crippen LogP contribution in [0.3, 0.4) is 0 Å². The average molecular weight is 459 g/mol. The molecule has 1 aromatic carbocycles. The van der Waals surface area contributed by atoms with Gasteiger partial charge in [0.25, 0.3) is 0 Å².